The summed E-state index contributed by atoms with van der Waals surface area (Å²) >= 11 is 17.7. The second kappa shape index (κ2) is 14.3. The molecule has 0 atom stereocenters. The number of nitrogens with zero attached hydrogens (tertiary/aromatic N) is 2. The van der Waals surface area contributed by atoms with Gasteiger partial charge in [-0.2, -0.15) is 4.31 Å². The molecule has 10 nitrogen and oxygen atoms in total. The first-order valence-corrected chi connectivity index (χ1v) is 16.1. The van der Waals surface area contributed by atoms with Gasteiger partial charge < -0.3 is 4.74 Å². The van der Waals surface area contributed by atoms with Crippen molar-refractivity contribution in [3.05, 3.63) is 86.9 Å². The minimum Gasteiger partial charge on any atom is -0.451 e. The lowest BCUT2D eigenvalue weighted by molar-refractivity contribution is -0.129. The van der Waals surface area contributed by atoms with Gasteiger partial charge in [0.15, 0.2) is 17.4 Å². The number of hydrogen-bond donors (Lipinski definition) is 2. The number of likely N-dealkylation sites (N-methyl/N-ethyl adjacent to an activating group) is 1. The van der Waals surface area contributed by atoms with E-state index in [-0.39, 0.29) is 27.9 Å². The number of nitrogens with one attached hydrogen (secondary N) is 1. The van der Waals surface area contributed by atoms with Gasteiger partial charge in [0.1, 0.15) is 5.75 Å². The maximum atomic E-state index is 14.9. The Hall–Kier alpha value is -2.56. The van der Waals surface area contributed by atoms with Crippen LogP contribution in [0.1, 0.15) is 12.5 Å². The molecule has 0 fully saturated rings. The molecule has 42 heavy (non-hydrogen) atoms. The molecule has 0 saturated carbocycles. The second-order valence-electron chi connectivity index (χ2n) is 8.67. The predicted molar refractivity (Wildman–Crippen MR) is 153 cm³/mol. The van der Waals surface area contributed by atoms with Crippen molar-refractivity contribution < 1.29 is 40.4 Å². The van der Waals surface area contributed by atoms with Crippen LogP contribution in [0.4, 0.5) is 8.78 Å². The normalized spacial score (nSPS) is 12.1. The molecule has 0 saturated heterocycles. The summed E-state index contributed by atoms with van der Waals surface area (Å²) in [4.78, 5) is 11.0. The zero-order valence-corrected chi connectivity index (χ0v) is 25.6. The summed E-state index contributed by atoms with van der Waals surface area (Å²) in [5.41, 5.74) is 1.56. The molecule has 0 aliphatic rings. The second-order valence-corrected chi connectivity index (χ2v) is 13.9. The van der Waals surface area contributed by atoms with Gasteiger partial charge in [-0.15, -0.1) is 0 Å². The topological polar surface area (TPSA) is 133 Å². The first-order chi connectivity index (χ1) is 19.7. The van der Waals surface area contributed by atoms with Gasteiger partial charge in [-0.1, -0.05) is 41.7 Å². The van der Waals surface area contributed by atoms with E-state index in [1.165, 1.54) is 54.9 Å². The number of sulfonamides is 2. The number of benzene rings is 3. The van der Waals surface area contributed by atoms with Crippen LogP contribution in [0.5, 0.6) is 11.5 Å². The minimum absolute atomic E-state index is 0.0231. The molecule has 0 aromatic heterocycles. The van der Waals surface area contributed by atoms with Gasteiger partial charge in [-0.3, -0.25) is 10.0 Å². The van der Waals surface area contributed by atoms with Gasteiger partial charge in [0.2, 0.25) is 20.0 Å². The maximum Gasteiger partial charge on any atom is 0.258 e. The van der Waals surface area contributed by atoms with Crippen molar-refractivity contribution in [1.82, 2.24) is 14.1 Å². The standard InChI is InChI=1S/C25H24Cl3F2N3O7S2/c1-2-32(41(36,37)15-16-9-18(27)11-19(28)10-16)7-8-33(14-24(34)31-35)42(38,39)21-12-22(29)25(23(30)13-21)40-20-5-3-17(26)4-6-20/h3-6,9-13,35H,2,7-8,14-15H2,1H3,(H,31,34). The molecule has 0 aliphatic carbocycles. The summed E-state index contributed by atoms with van der Waals surface area (Å²) in [5.74, 6) is -5.30. The van der Waals surface area contributed by atoms with E-state index < -0.39 is 73.6 Å². The Balaban J connectivity index is 1.87. The lowest BCUT2D eigenvalue weighted by Gasteiger charge is -2.26. The average molecular weight is 687 g/mol. The minimum atomic E-state index is -4.81. The SMILES string of the molecule is CCN(CCN(CC(=O)NO)S(=O)(=O)c1cc(F)c(Oc2ccc(Cl)cc2)c(F)c1)S(=O)(=O)Cc1cc(Cl)cc(Cl)c1. The molecule has 3 aromatic rings. The highest BCUT2D eigenvalue weighted by Gasteiger charge is 2.31. The summed E-state index contributed by atoms with van der Waals surface area (Å²) in [6, 6.07) is 10.7. The average Bonchev–Trinajstić information content (AvgIpc) is 2.90. The fraction of sp³-hybridized carbons (Fsp3) is 0.240. The van der Waals surface area contributed by atoms with Gasteiger partial charge in [-0.25, -0.2) is 35.4 Å². The Morgan fingerprint density at radius 2 is 1.43 bits per heavy atom. The van der Waals surface area contributed by atoms with E-state index in [0.717, 1.165) is 4.31 Å². The third-order valence-electron chi connectivity index (χ3n) is 5.70. The predicted octanol–water partition coefficient (Wildman–Crippen LogP) is 5.07. The monoisotopic (exact) mass is 685 g/mol. The zero-order chi connectivity index (χ0) is 31.2. The van der Waals surface area contributed by atoms with Crippen molar-refractivity contribution in [1.29, 1.82) is 0 Å². The highest BCUT2D eigenvalue weighted by Crippen LogP contribution is 2.31. The molecule has 0 heterocycles. The number of hydroxylamine groups is 1. The Bertz CT molecular complexity index is 1620. The number of rotatable bonds is 13. The van der Waals surface area contributed by atoms with Crippen LogP contribution >= 0.6 is 34.8 Å². The molecule has 1 amide bonds. The Morgan fingerprint density at radius 3 is 1.95 bits per heavy atom. The fourth-order valence-electron chi connectivity index (χ4n) is 3.75. The number of ether oxygens (including phenoxy) is 1. The largest absolute Gasteiger partial charge is 0.451 e. The van der Waals surface area contributed by atoms with Crippen LogP contribution in [0, 0.1) is 11.6 Å². The summed E-state index contributed by atoms with van der Waals surface area (Å²) in [6.07, 6.45) is 0. The van der Waals surface area contributed by atoms with E-state index in [0.29, 0.717) is 21.5 Å². The number of carbonyl (C=O) groups excluding carboxylic acids is 1. The number of amides is 1. The Kier molecular flexibility index (Phi) is 11.5. The van der Waals surface area contributed by atoms with Crippen molar-refractivity contribution in [2.75, 3.05) is 26.2 Å². The molecule has 0 radical (unpaired) electrons. The quantitative estimate of drug-likeness (QED) is 0.190. The smallest absolute Gasteiger partial charge is 0.258 e. The first kappa shape index (κ1) is 33.9. The van der Waals surface area contributed by atoms with Crippen LogP contribution in [0.15, 0.2) is 59.5 Å². The molecule has 228 valence electrons. The summed E-state index contributed by atoms with van der Waals surface area (Å²) in [7, 11) is -8.86. The van der Waals surface area contributed by atoms with E-state index in [9.17, 15) is 30.4 Å². The summed E-state index contributed by atoms with van der Waals surface area (Å²) in [5, 5.41) is 9.75. The van der Waals surface area contributed by atoms with Crippen LogP contribution in [-0.4, -0.2) is 62.7 Å². The van der Waals surface area contributed by atoms with Crippen molar-refractivity contribution in [3.8, 4) is 11.5 Å². The Morgan fingerprint density at radius 1 is 0.881 bits per heavy atom. The zero-order valence-electron chi connectivity index (χ0n) is 21.7. The highest BCUT2D eigenvalue weighted by atomic mass is 35.5. The van der Waals surface area contributed by atoms with E-state index in [4.69, 9.17) is 44.7 Å². The molecule has 2 N–H and O–H groups in total. The molecule has 3 aromatic carbocycles. The van der Waals surface area contributed by atoms with Gasteiger partial charge in [-0.05, 0) is 60.2 Å². The van der Waals surface area contributed by atoms with E-state index in [2.05, 4.69) is 0 Å². The van der Waals surface area contributed by atoms with E-state index in [1.54, 1.807) is 0 Å². The lowest BCUT2D eigenvalue weighted by Crippen LogP contribution is -2.45. The molecule has 0 bridgehead atoms. The lowest BCUT2D eigenvalue weighted by atomic mass is 10.2. The summed E-state index contributed by atoms with van der Waals surface area (Å²) in [6.45, 7) is -0.644. The number of halogens is 5. The third-order valence-corrected chi connectivity index (χ3v) is 10.1. The van der Waals surface area contributed by atoms with Gasteiger partial charge >= 0.3 is 0 Å². The first-order valence-electron chi connectivity index (χ1n) is 11.9. The molecule has 17 heteroatoms. The van der Waals surface area contributed by atoms with Gasteiger partial charge in [0.25, 0.3) is 5.91 Å². The van der Waals surface area contributed by atoms with Crippen LogP contribution in [0.3, 0.4) is 0 Å². The van der Waals surface area contributed by atoms with Crippen molar-refractivity contribution in [2.24, 2.45) is 0 Å². The highest BCUT2D eigenvalue weighted by molar-refractivity contribution is 7.89. The van der Waals surface area contributed by atoms with Crippen molar-refractivity contribution >= 4 is 60.8 Å². The number of carbonyl (C=O) groups is 1. The van der Waals surface area contributed by atoms with E-state index in [1.807, 2.05) is 0 Å². The van der Waals surface area contributed by atoms with Gasteiger partial charge in [0, 0.05) is 34.7 Å². The number of hydrogen-bond acceptors (Lipinski definition) is 7. The van der Waals surface area contributed by atoms with Crippen LogP contribution in [0.25, 0.3) is 0 Å². The van der Waals surface area contributed by atoms with Gasteiger partial charge in [0.05, 0.1) is 17.2 Å². The molecule has 3 rings (SSSR count). The molecule has 0 spiro atoms. The fourth-order valence-corrected chi connectivity index (χ4v) is 7.38. The summed E-state index contributed by atoms with van der Waals surface area (Å²) < 4.78 is 89.4. The third kappa shape index (κ3) is 8.74. The molecule has 0 aliphatic heterocycles. The molecular weight excluding hydrogens is 663 g/mol. The molecular formula is C25H24Cl3F2N3O7S2. The van der Waals surface area contributed by atoms with Crippen LogP contribution in [-0.2, 0) is 30.6 Å². The maximum absolute atomic E-state index is 14.9. The van der Waals surface area contributed by atoms with E-state index >= 15 is 0 Å². The van der Waals surface area contributed by atoms with Crippen LogP contribution in [0.2, 0.25) is 15.1 Å². The van der Waals surface area contributed by atoms with Crippen LogP contribution < -0.4 is 10.2 Å². The molecule has 0 unspecified atom stereocenters. The van der Waals surface area contributed by atoms with Crippen molar-refractivity contribution in [2.45, 2.75) is 17.6 Å². The Labute approximate surface area is 256 Å². The van der Waals surface area contributed by atoms with Crippen molar-refractivity contribution in [3.63, 3.8) is 0 Å².